The summed E-state index contributed by atoms with van der Waals surface area (Å²) in [6, 6.07) is 0. The molecule has 3 N–H and O–H groups in total. The van der Waals surface area contributed by atoms with E-state index in [4.69, 9.17) is 15.9 Å². The van der Waals surface area contributed by atoms with E-state index < -0.39 is 30.7 Å². The third-order valence-electron chi connectivity index (χ3n) is 2.14. The first-order chi connectivity index (χ1) is 6.57. The molecule has 0 aliphatic carbocycles. The SMILES string of the molecule is C#CCOC1O[C@@H](C)[C@@H](O)[C@@H](O)[C@@H]1O. The molecule has 1 rings (SSSR count). The van der Waals surface area contributed by atoms with Crippen molar-refractivity contribution in [2.24, 2.45) is 0 Å². The first-order valence-electron chi connectivity index (χ1n) is 4.32. The Bertz CT molecular complexity index is 224. The molecule has 5 atom stereocenters. The number of aliphatic hydroxyl groups excluding tert-OH is 3. The third-order valence-corrected chi connectivity index (χ3v) is 2.14. The normalized spacial score (nSPS) is 43.2. The van der Waals surface area contributed by atoms with Gasteiger partial charge in [-0.3, -0.25) is 0 Å². The molecule has 0 amide bonds. The van der Waals surface area contributed by atoms with E-state index in [9.17, 15) is 15.3 Å². The molecule has 5 nitrogen and oxygen atoms in total. The Kier molecular flexibility index (Phi) is 3.86. The summed E-state index contributed by atoms with van der Waals surface area (Å²) in [5.74, 6) is 2.22. The quantitative estimate of drug-likeness (QED) is 0.473. The average Bonchev–Trinajstić information content (AvgIpc) is 2.18. The minimum Gasteiger partial charge on any atom is -0.388 e. The minimum atomic E-state index is -1.28. The van der Waals surface area contributed by atoms with Crippen molar-refractivity contribution in [1.82, 2.24) is 0 Å². The van der Waals surface area contributed by atoms with Gasteiger partial charge in [0.05, 0.1) is 6.10 Å². The van der Waals surface area contributed by atoms with Crippen LogP contribution < -0.4 is 0 Å². The molecule has 0 spiro atoms. The lowest BCUT2D eigenvalue weighted by atomic mass is 10.0. The minimum absolute atomic E-state index is 0.0166. The summed E-state index contributed by atoms with van der Waals surface area (Å²) < 4.78 is 10.1. The van der Waals surface area contributed by atoms with E-state index in [1.165, 1.54) is 0 Å². The molecule has 1 saturated heterocycles. The predicted molar refractivity (Wildman–Crippen MR) is 47.1 cm³/mol. The van der Waals surface area contributed by atoms with Gasteiger partial charge in [0.25, 0.3) is 0 Å². The molecule has 0 aromatic carbocycles. The zero-order valence-corrected chi connectivity index (χ0v) is 7.83. The fraction of sp³-hybridized carbons (Fsp3) is 0.778. The zero-order chi connectivity index (χ0) is 10.7. The van der Waals surface area contributed by atoms with Crippen LogP contribution in [0.4, 0.5) is 0 Å². The van der Waals surface area contributed by atoms with Crippen LogP contribution in [0.15, 0.2) is 0 Å². The number of hydrogen-bond acceptors (Lipinski definition) is 5. The molecule has 14 heavy (non-hydrogen) atoms. The molecule has 1 aliphatic rings. The highest BCUT2D eigenvalue weighted by atomic mass is 16.7. The molecule has 1 fully saturated rings. The molecule has 0 saturated carbocycles. The topological polar surface area (TPSA) is 79.2 Å². The van der Waals surface area contributed by atoms with Crippen molar-refractivity contribution in [2.45, 2.75) is 37.6 Å². The van der Waals surface area contributed by atoms with Crippen molar-refractivity contribution in [2.75, 3.05) is 6.61 Å². The van der Waals surface area contributed by atoms with Gasteiger partial charge in [0.15, 0.2) is 6.29 Å². The number of ether oxygens (including phenoxy) is 2. The molecule has 1 heterocycles. The number of aliphatic hydroxyl groups is 3. The highest BCUT2D eigenvalue weighted by Gasteiger charge is 2.42. The van der Waals surface area contributed by atoms with Gasteiger partial charge in [0, 0.05) is 0 Å². The second-order valence-corrected chi connectivity index (χ2v) is 3.20. The lowest BCUT2D eigenvalue weighted by molar-refractivity contribution is -0.289. The second-order valence-electron chi connectivity index (χ2n) is 3.20. The standard InChI is InChI=1S/C9H14O5/c1-3-4-13-9-8(12)7(11)6(10)5(2)14-9/h1,5-12H,4H2,2H3/t5-,6+,7+,8-,9?/m0/s1. The van der Waals surface area contributed by atoms with Crippen molar-refractivity contribution in [3.05, 3.63) is 0 Å². The van der Waals surface area contributed by atoms with Gasteiger partial charge in [-0.15, -0.1) is 6.42 Å². The van der Waals surface area contributed by atoms with Gasteiger partial charge < -0.3 is 24.8 Å². The van der Waals surface area contributed by atoms with Crippen LogP contribution in [0.25, 0.3) is 0 Å². The molecule has 1 aliphatic heterocycles. The first kappa shape index (κ1) is 11.4. The monoisotopic (exact) mass is 202 g/mol. The Morgan fingerprint density at radius 1 is 1.29 bits per heavy atom. The van der Waals surface area contributed by atoms with E-state index >= 15 is 0 Å². The van der Waals surface area contributed by atoms with Gasteiger partial charge >= 0.3 is 0 Å². The molecule has 80 valence electrons. The lowest BCUT2D eigenvalue weighted by Gasteiger charge is -2.38. The van der Waals surface area contributed by atoms with Crippen molar-refractivity contribution in [1.29, 1.82) is 0 Å². The molecule has 1 unspecified atom stereocenters. The Morgan fingerprint density at radius 3 is 2.50 bits per heavy atom. The van der Waals surface area contributed by atoms with Crippen molar-refractivity contribution in [3.8, 4) is 12.3 Å². The van der Waals surface area contributed by atoms with E-state index in [1.54, 1.807) is 6.92 Å². The number of hydrogen-bond donors (Lipinski definition) is 3. The van der Waals surface area contributed by atoms with E-state index in [0.29, 0.717) is 0 Å². The summed E-state index contributed by atoms with van der Waals surface area (Å²) in [4.78, 5) is 0. The Morgan fingerprint density at radius 2 is 1.93 bits per heavy atom. The Labute approximate surface area is 82.3 Å². The fourth-order valence-electron chi connectivity index (χ4n) is 1.28. The zero-order valence-electron chi connectivity index (χ0n) is 7.83. The van der Waals surface area contributed by atoms with Crippen LogP contribution >= 0.6 is 0 Å². The van der Waals surface area contributed by atoms with Crippen LogP contribution in [0, 0.1) is 12.3 Å². The summed E-state index contributed by atoms with van der Waals surface area (Å²) in [6.45, 7) is 1.56. The number of terminal acetylenes is 1. The van der Waals surface area contributed by atoms with Gasteiger partial charge in [-0.05, 0) is 6.92 Å². The fourth-order valence-corrected chi connectivity index (χ4v) is 1.28. The molecule has 0 radical (unpaired) electrons. The van der Waals surface area contributed by atoms with Crippen molar-refractivity contribution in [3.63, 3.8) is 0 Å². The summed E-state index contributed by atoms with van der Waals surface area (Å²) >= 11 is 0. The van der Waals surface area contributed by atoms with Crippen LogP contribution in [0.5, 0.6) is 0 Å². The van der Waals surface area contributed by atoms with Crippen molar-refractivity contribution < 1.29 is 24.8 Å². The summed E-state index contributed by atoms with van der Waals surface area (Å²) in [5, 5.41) is 28.1. The van der Waals surface area contributed by atoms with E-state index in [1.807, 2.05) is 0 Å². The van der Waals surface area contributed by atoms with Gasteiger partial charge in [-0.25, -0.2) is 0 Å². The van der Waals surface area contributed by atoms with Crippen LogP contribution in [-0.4, -0.2) is 52.6 Å². The van der Waals surface area contributed by atoms with E-state index in [0.717, 1.165) is 0 Å². The van der Waals surface area contributed by atoms with Gasteiger partial charge in [0.1, 0.15) is 24.9 Å². The highest BCUT2D eigenvalue weighted by Crippen LogP contribution is 2.21. The Balaban J connectivity index is 2.57. The van der Waals surface area contributed by atoms with Crippen LogP contribution in [0.2, 0.25) is 0 Å². The van der Waals surface area contributed by atoms with Crippen LogP contribution in [0.1, 0.15) is 6.92 Å². The maximum absolute atomic E-state index is 9.42. The predicted octanol–water partition coefficient (Wildman–Crippen LogP) is -1.54. The van der Waals surface area contributed by atoms with Crippen molar-refractivity contribution >= 4 is 0 Å². The van der Waals surface area contributed by atoms with Gasteiger partial charge in [0.2, 0.25) is 0 Å². The second kappa shape index (κ2) is 4.73. The van der Waals surface area contributed by atoms with Crippen LogP contribution in [0.3, 0.4) is 0 Å². The van der Waals surface area contributed by atoms with Gasteiger partial charge in [-0.1, -0.05) is 5.92 Å². The third kappa shape index (κ3) is 2.23. The average molecular weight is 202 g/mol. The molecule has 5 heteroatoms. The molecular weight excluding hydrogens is 188 g/mol. The van der Waals surface area contributed by atoms with Gasteiger partial charge in [-0.2, -0.15) is 0 Å². The molecule has 0 bridgehead atoms. The molecular formula is C9H14O5. The lowest BCUT2D eigenvalue weighted by Crippen LogP contribution is -2.57. The number of rotatable bonds is 2. The summed E-state index contributed by atoms with van der Waals surface area (Å²) in [5.41, 5.74) is 0. The first-order valence-corrected chi connectivity index (χ1v) is 4.32. The summed E-state index contributed by atoms with van der Waals surface area (Å²) in [7, 11) is 0. The molecule has 0 aromatic heterocycles. The smallest absolute Gasteiger partial charge is 0.187 e. The molecule has 0 aromatic rings. The highest BCUT2D eigenvalue weighted by molar-refractivity contribution is 4.89. The summed E-state index contributed by atoms with van der Waals surface area (Å²) in [6.07, 6.45) is -0.298. The van der Waals surface area contributed by atoms with Crippen LogP contribution in [-0.2, 0) is 9.47 Å². The van der Waals surface area contributed by atoms with E-state index in [2.05, 4.69) is 5.92 Å². The largest absolute Gasteiger partial charge is 0.388 e. The Hall–Kier alpha value is -0.640. The maximum atomic E-state index is 9.42. The maximum Gasteiger partial charge on any atom is 0.187 e. The van der Waals surface area contributed by atoms with E-state index in [-0.39, 0.29) is 6.61 Å².